The lowest BCUT2D eigenvalue weighted by atomic mass is 9.77. The maximum atomic E-state index is 10.9. The van der Waals surface area contributed by atoms with Crippen LogP contribution in [0.3, 0.4) is 0 Å². The molecule has 0 radical (unpaired) electrons. The van der Waals surface area contributed by atoms with Crippen molar-refractivity contribution in [3.05, 3.63) is 0 Å². The Bertz CT molecular complexity index is 218. The first-order valence-corrected chi connectivity index (χ1v) is 5.59. The monoisotopic (exact) mass is 213 g/mol. The van der Waals surface area contributed by atoms with Gasteiger partial charge in [0, 0.05) is 12.8 Å². The molecule has 0 aromatic heterocycles. The molecule has 0 bridgehead atoms. The Morgan fingerprint density at radius 2 is 1.80 bits per heavy atom. The summed E-state index contributed by atoms with van der Waals surface area (Å²) in [6, 6.07) is 0. The molecule has 1 aliphatic rings. The molecule has 15 heavy (non-hydrogen) atoms. The van der Waals surface area contributed by atoms with Crippen molar-refractivity contribution >= 4 is 11.9 Å². The minimum atomic E-state index is -0.827. The van der Waals surface area contributed by atoms with Gasteiger partial charge in [-0.3, -0.25) is 9.59 Å². The predicted octanol–water partition coefficient (Wildman–Crippen LogP) is 1.53. The Balaban J connectivity index is 2.52. The molecule has 1 saturated carbocycles. The van der Waals surface area contributed by atoms with Gasteiger partial charge in [-0.25, -0.2) is 0 Å². The van der Waals surface area contributed by atoms with Crippen LogP contribution in [0, 0.1) is 11.8 Å². The molecule has 0 aromatic rings. The second-order valence-electron chi connectivity index (χ2n) is 4.43. The Morgan fingerprint density at radius 1 is 1.20 bits per heavy atom. The van der Waals surface area contributed by atoms with E-state index in [0.29, 0.717) is 5.92 Å². The van der Waals surface area contributed by atoms with Crippen LogP contribution in [0.25, 0.3) is 0 Å². The highest BCUT2D eigenvalue weighted by molar-refractivity contribution is 5.75. The van der Waals surface area contributed by atoms with E-state index in [0.717, 1.165) is 25.7 Å². The minimum absolute atomic E-state index is 0.0553. The Morgan fingerprint density at radius 3 is 2.27 bits per heavy atom. The van der Waals surface area contributed by atoms with Crippen LogP contribution in [0.1, 0.15) is 44.9 Å². The summed E-state index contributed by atoms with van der Waals surface area (Å²) in [5.41, 5.74) is 5.14. The van der Waals surface area contributed by atoms with Crippen molar-refractivity contribution in [1.82, 2.24) is 0 Å². The zero-order valence-corrected chi connectivity index (χ0v) is 8.95. The summed E-state index contributed by atoms with van der Waals surface area (Å²) < 4.78 is 0. The topological polar surface area (TPSA) is 80.4 Å². The van der Waals surface area contributed by atoms with Crippen molar-refractivity contribution in [2.24, 2.45) is 17.6 Å². The summed E-state index contributed by atoms with van der Waals surface area (Å²) >= 11 is 0. The number of aliphatic carboxylic acids is 1. The molecule has 3 N–H and O–H groups in total. The molecule has 86 valence electrons. The Hall–Kier alpha value is -1.06. The average molecular weight is 213 g/mol. The van der Waals surface area contributed by atoms with Crippen LogP contribution >= 0.6 is 0 Å². The van der Waals surface area contributed by atoms with Crippen molar-refractivity contribution < 1.29 is 14.7 Å². The van der Waals surface area contributed by atoms with E-state index >= 15 is 0 Å². The summed E-state index contributed by atoms with van der Waals surface area (Å²) in [7, 11) is 0. The molecule has 1 aliphatic carbocycles. The lowest BCUT2D eigenvalue weighted by Crippen LogP contribution is -2.26. The summed E-state index contributed by atoms with van der Waals surface area (Å²) in [5, 5.41) is 8.78. The standard InChI is InChI=1S/C11H19NO3/c12-10(13)6-9(7-11(14)15)8-4-2-1-3-5-8/h8-9H,1-7H2,(H2,12,13)(H,14,15). The van der Waals surface area contributed by atoms with E-state index < -0.39 is 5.97 Å². The molecular formula is C11H19NO3. The van der Waals surface area contributed by atoms with Crippen LogP contribution in [0.4, 0.5) is 0 Å². The van der Waals surface area contributed by atoms with Gasteiger partial charge in [-0.15, -0.1) is 0 Å². The van der Waals surface area contributed by atoms with Gasteiger partial charge in [0.15, 0.2) is 0 Å². The van der Waals surface area contributed by atoms with Crippen molar-refractivity contribution in [3.63, 3.8) is 0 Å². The summed E-state index contributed by atoms with van der Waals surface area (Å²) in [6.07, 6.45) is 5.92. The SMILES string of the molecule is NC(=O)CC(CC(=O)O)C1CCCCC1. The average Bonchev–Trinajstić information content (AvgIpc) is 2.17. The maximum absolute atomic E-state index is 10.9. The van der Waals surface area contributed by atoms with Gasteiger partial charge in [0.05, 0.1) is 0 Å². The van der Waals surface area contributed by atoms with Crippen molar-refractivity contribution in [2.75, 3.05) is 0 Å². The van der Waals surface area contributed by atoms with Crippen LogP contribution in [0.15, 0.2) is 0 Å². The predicted molar refractivity (Wildman–Crippen MR) is 56.1 cm³/mol. The number of carbonyl (C=O) groups excluding carboxylic acids is 1. The molecule has 0 saturated heterocycles. The first-order chi connectivity index (χ1) is 7.09. The Kier molecular flexibility index (Phi) is 4.59. The number of rotatable bonds is 5. The van der Waals surface area contributed by atoms with E-state index in [1.807, 2.05) is 0 Å². The van der Waals surface area contributed by atoms with Gasteiger partial charge in [0.1, 0.15) is 0 Å². The molecular weight excluding hydrogens is 194 g/mol. The fourth-order valence-corrected chi connectivity index (χ4v) is 2.49. The molecule has 0 heterocycles. The van der Waals surface area contributed by atoms with Gasteiger partial charge >= 0.3 is 5.97 Å². The molecule has 4 heteroatoms. The fraction of sp³-hybridized carbons (Fsp3) is 0.818. The van der Waals surface area contributed by atoms with Crippen molar-refractivity contribution in [1.29, 1.82) is 0 Å². The quantitative estimate of drug-likeness (QED) is 0.726. The molecule has 1 fully saturated rings. The van der Waals surface area contributed by atoms with E-state index in [1.54, 1.807) is 0 Å². The van der Waals surface area contributed by atoms with E-state index in [9.17, 15) is 9.59 Å². The highest BCUT2D eigenvalue weighted by atomic mass is 16.4. The lowest BCUT2D eigenvalue weighted by Gasteiger charge is -2.28. The van der Waals surface area contributed by atoms with E-state index in [2.05, 4.69) is 0 Å². The lowest BCUT2D eigenvalue weighted by molar-refractivity contribution is -0.139. The number of hydrogen-bond donors (Lipinski definition) is 2. The van der Waals surface area contributed by atoms with Gasteiger partial charge in [0.2, 0.25) is 5.91 Å². The highest BCUT2D eigenvalue weighted by Gasteiger charge is 2.26. The van der Waals surface area contributed by atoms with Crippen LogP contribution in [0.2, 0.25) is 0 Å². The number of carboxylic acids is 1. The number of primary amides is 1. The third kappa shape index (κ3) is 4.32. The molecule has 0 spiro atoms. The third-order valence-corrected chi connectivity index (χ3v) is 3.22. The number of carbonyl (C=O) groups is 2. The molecule has 1 amide bonds. The van der Waals surface area contributed by atoms with Gasteiger partial charge in [0.25, 0.3) is 0 Å². The fourth-order valence-electron chi connectivity index (χ4n) is 2.49. The minimum Gasteiger partial charge on any atom is -0.481 e. The highest BCUT2D eigenvalue weighted by Crippen LogP contribution is 2.33. The summed E-state index contributed by atoms with van der Waals surface area (Å²) in [5.74, 6) is -0.888. The normalized spacial score (nSPS) is 19.7. The second-order valence-corrected chi connectivity index (χ2v) is 4.43. The van der Waals surface area contributed by atoms with Gasteiger partial charge in [-0.2, -0.15) is 0 Å². The molecule has 0 aromatic carbocycles. The van der Waals surface area contributed by atoms with E-state index in [1.165, 1.54) is 6.42 Å². The molecule has 1 rings (SSSR count). The van der Waals surface area contributed by atoms with Crippen LogP contribution in [-0.4, -0.2) is 17.0 Å². The van der Waals surface area contributed by atoms with Crippen molar-refractivity contribution in [3.8, 4) is 0 Å². The molecule has 4 nitrogen and oxygen atoms in total. The van der Waals surface area contributed by atoms with Crippen LogP contribution in [0.5, 0.6) is 0 Å². The number of amides is 1. The van der Waals surface area contributed by atoms with E-state index in [4.69, 9.17) is 10.8 Å². The maximum Gasteiger partial charge on any atom is 0.303 e. The number of carboxylic acid groups (broad SMARTS) is 1. The zero-order chi connectivity index (χ0) is 11.3. The smallest absolute Gasteiger partial charge is 0.303 e. The molecule has 1 unspecified atom stereocenters. The first kappa shape index (κ1) is 12.0. The summed E-state index contributed by atoms with van der Waals surface area (Å²) in [4.78, 5) is 21.5. The molecule has 1 atom stereocenters. The van der Waals surface area contributed by atoms with E-state index in [-0.39, 0.29) is 24.7 Å². The number of nitrogens with two attached hydrogens (primary N) is 1. The largest absolute Gasteiger partial charge is 0.481 e. The first-order valence-electron chi connectivity index (χ1n) is 5.59. The summed E-state index contributed by atoms with van der Waals surface area (Å²) in [6.45, 7) is 0. The molecule has 0 aliphatic heterocycles. The van der Waals surface area contributed by atoms with Crippen molar-refractivity contribution in [2.45, 2.75) is 44.9 Å². The van der Waals surface area contributed by atoms with Gasteiger partial charge in [-0.1, -0.05) is 32.1 Å². The third-order valence-electron chi connectivity index (χ3n) is 3.22. The van der Waals surface area contributed by atoms with Crippen LogP contribution < -0.4 is 5.73 Å². The van der Waals surface area contributed by atoms with Crippen LogP contribution in [-0.2, 0) is 9.59 Å². The van der Waals surface area contributed by atoms with Gasteiger partial charge < -0.3 is 10.8 Å². The second kappa shape index (κ2) is 5.73. The Labute approximate surface area is 89.8 Å². The van der Waals surface area contributed by atoms with Gasteiger partial charge in [-0.05, 0) is 11.8 Å². The number of hydrogen-bond acceptors (Lipinski definition) is 2. The zero-order valence-electron chi connectivity index (χ0n) is 8.95.